The number of fused-ring (bicyclic) bond motifs is 1. The van der Waals surface area contributed by atoms with Gasteiger partial charge in [-0.2, -0.15) is 0 Å². The normalized spacial score (nSPS) is 25.3. The van der Waals surface area contributed by atoms with E-state index in [9.17, 15) is 9.90 Å². The van der Waals surface area contributed by atoms with Crippen LogP contribution in [0.2, 0.25) is 0 Å². The standard InChI is InChI=1S/C29H32N2O5/c1-28(2)35-25-24(34-19-29(25,36-28)18-31-27(33)22-11-7-4-8-12-22)17-30-26(32)23-15-13-21(14-16-23)20-9-5-3-6-10-20/h3-16,24-26,30,32H,17-19H2,1-2H3,(H,31,33)/t24-,25-,26?,29+/m1/s1. The van der Waals surface area contributed by atoms with Crippen LogP contribution in [0.1, 0.15) is 36.0 Å². The number of carbonyl (C=O) groups excluding carboxylic acids is 1. The van der Waals surface area contributed by atoms with Crippen LogP contribution in [-0.4, -0.2) is 54.3 Å². The summed E-state index contributed by atoms with van der Waals surface area (Å²) in [7, 11) is 0. The van der Waals surface area contributed by atoms with Gasteiger partial charge in [0.25, 0.3) is 5.91 Å². The first-order chi connectivity index (χ1) is 17.4. The fraction of sp³-hybridized carbons (Fsp3) is 0.345. The molecule has 4 atom stereocenters. The Hall–Kier alpha value is -3.07. The maximum absolute atomic E-state index is 12.6. The number of aliphatic hydroxyl groups excluding tert-OH is 1. The number of amides is 1. The molecule has 36 heavy (non-hydrogen) atoms. The predicted molar refractivity (Wildman–Crippen MR) is 136 cm³/mol. The van der Waals surface area contributed by atoms with Crippen LogP contribution in [0.15, 0.2) is 84.9 Å². The molecule has 0 radical (unpaired) electrons. The SMILES string of the molecule is CC1(C)O[C@@H]2[C@@H](CNC(O)c3ccc(-c4ccccc4)cc3)OC[C@]2(CNC(=O)c2ccccc2)O1. The maximum atomic E-state index is 12.6. The molecule has 0 saturated carbocycles. The molecule has 2 fully saturated rings. The van der Waals surface area contributed by atoms with E-state index in [-0.39, 0.29) is 25.2 Å². The van der Waals surface area contributed by atoms with Crippen LogP contribution in [0.25, 0.3) is 11.1 Å². The maximum Gasteiger partial charge on any atom is 0.251 e. The van der Waals surface area contributed by atoms with Gasteiger partial charge < -0.3 is 24.6 Å². The molecule has 2 heterocycles. The highest BCUT2D eigenvalue weighted by atomic mass is 16.8. The van der Waals surface area contributed by atoms with Gasteiger partial charge in [-0.15, -0.1) is 0 Å². The summed E-state index contributed by atoms with van der Waals surface area (Å²) >= 11 is 0. The van der Waals surface area contributed by atoms with Crippen molar-refractivity contribution in [2.24, 2.45) is 0 Å². The van der Waals surface area contributed by atoms with Crippen molar-refractivity contribution in [2.45, 2.75) is 43.7 Å². The van der Waals surface area contributed by atoms with E-state index < -0.39 is 23.7 Å². The highest BCUT2D eigenvalue weighted by molar-refractivity contribution is 5.94. The van der Waals surface area contributed by atoms with Crippen molar-refractivity contribution < 1.29 is 24.1 Å². The van der Waals surface area contributed by atoms with E-state index >= 15 is 0 Å². The fourth-order valence-corrected chi connectivity index (χ4v) is 4.96. The van der Waals surface area contributed by atoms with E-state index in [2.05, 4.69) is 22.8 Å². The van der Waals surface area contributed by atoms with Gasteiger partial charge in [0.1, 0.15) is 17.9 Å². The molecule has 2 aliphatic heterocycles. The average Bonchev–Trinajstić information content (AvgIpc) is 3.36. The number of ether oxygens (including phenoxy) is 3. The Kier molecular flexibility index (Phi) is 6.92. The lowest BCUT2D eigenvalue weighted by atomic mass is 9.96. The summed E-state index contributed by atoms with van der Waals surface area (Å²) in [6, 6.07) is 27.0. The van der Waals surface area contributed by atoms with Crippen molar-refractivity contribution in [2.75, 3.05) is 19.7 Å². The predicted octanol–water partition coefficient (Wildman–Crippen LogP) is 3.65. The number of rotatable bonds is 8. The van der Waals surface area contributed by atoms with Gasteiger partial charge in [0.2, 0.25) is 0 Å². The van der Waals surface area contributed by atoms with E-state index in [1.54, 1.807) is 12.1 Å². The molecule has 0 aromatic heterocycles. The molecule has 1 unspecified atom stereocenters. The van der Waals surface area contributed by atoms with Gasteiger partial charge in [-0.05, 0) is 42.7 Å². The van der Waals surface area contributed by atoms with Crippen LogP contribution < -0.4 is 10.6 Å². The molecular weight excluding hydrogens is 456 g/mol. The third kappa shape index (κ3) is 5.21. The molecule has 2 saturated heterocycles. The Morgan fingerprint density at radius 1 is 0.972 bits per heavy atom. The minimum absolute atomic E-state index is 0.173. The number of carbonyl (C=O) groups is 1. The van der Waals surface area contributed by atoms with Gasteiger partial charge >= 0.3 is 0 Å². The molecule has 2 aliphatic rings. The number of nitrogens with one attached hydrogen (secondary N) is 2. The molecular formula is C29H32N2O5. The van der Waals surface area contributed by atoms with Gasteiger partial charge in [0.15, 0.2) is 5.79 Å². The monoisotopic (exact) mass is 488 g/mol. The molecule has 1 amide bonds. The van der Waals surface area contributed by atoms with E-state index in [4.69, 9.17) is 14.2 Å². The van der Waals surface area contributed by atoms with Crippen LogP contribution in [0.4, 0.5) is 0 Å². The molecule has 3 N–H and O–H groups in total. The van der Waals surface area contributed by atoms with Crippen LogP contribution in [-0.2, 0) is 14.2 Å². The Bertz CT molecular complexity index is 1170. The summed E-state index contributed by atoms with van der Waals surface area (Å²) in [5.41, 5.74) is 2.76. The third-order valence-electron chi connectivity index (χ3n) is 6.69. The van der Waals surface area contributed by atoms with Crippen molar-refractivity contribution in [1.29, 1.82) is 0 Å². The van der Waals surface area contributed by atoms with Crippen molar-refractivity contribution in [1.82, 2.24) is 10.6 Å². The summed E-state index contributed by atoms with van der Waals surface area (Å²) < 4.78 is 18.5. The first-order valence-electron chi connectivity index (χ1n) is 12.2. The molecule has 0 spiro atoms. The lowest BCUT2D eigenvalue weighted by Gasteiger charge is -2.27. The zero-order valence-electron chi connectivity index (χ0n) is 20.5. The highest BCUT2D eigenvalue weighted by Crippen LogP contribution is 2.43. The van der Waals surface area contributed by atoms with Gasteiger partial charge in [-0.1, -0.05) is 72.8 Å². The van der Waals surface area contributed by atoms with Crippen LogP contribution >= 0.6 is 0 Å². The van der Waals surface area contributed by atoms with Crippen molar-refractivity contribution >= 4 is 5.91 Å². The Morgan fingerprint density at radius 2 is 1.61 bits per heavy atom. The summed E-state index contributed by atoms with van der Waals surface area (Å²) in [6.45, 7) is 4.62. The number of hydrogen-bond acceptors (Lipinski definition) is 6. The van der Waals surface area contributed by atoms with Crippen LogP contribution in [0.3, 0.4) is 0 Å². The van der Waals surface area contributed by atoms with E-state index in [1.807, 2.05) is 74.5 Å². The minimum atomic E-state index is -0.860. The topological polar surface area (TPSA) is 89.0 Å². The lowest BCUT2D eigenvalue weighted by molar-refractivity contribution is -0.189. The number of hydrogen-bond donors (Lipinski definition) is 3. The van der Waals surface area contributed by atoms with Gasteiger partial charge in [-0.3, -0.25) is 10.1 Å². The second-order valence-corrected chi connectivity index (χ2v) is 9.80. The van der Waals surface area contributed by atoms with E-state index in [0.29, 0.717) is 12.1 Å². The van der Waals surface area contributed by atoms with E-state index in [1.165, 1.54) is 0 Å². The van der Waals surface area contributed by atoms with Crippen molar-refractivity contribution in [3.8, 4) is 11.1 Å². The summed E-state index contributed by atoms with van der Waals surface area (Å²) in [4.78, 5) is 12.6. The largest absolute Gasteiger partial charge is 0.374 e. The third-order valence-corrected chi connectivity index (χ3v) is 6.69. The smallest absolute Gasteiger partial charge is 0.251 e. The van der Waals surface area contributed by atoms with Crippen molar-refractivity contribution in [3.63, 3.8) is 0 Å². The molecule has 3 aromatic carbocycles. The highest BCUT2D eigenvalue weighted by Gasteiger charge is 2.60. The molecule has 188 valence electrons. The average molecular weight is 489 g/mol. The molecule has 3 aromatic rings. The van der Waals surface area contributed by atoms with Crippen LogP contribution in [0.5, 0.6) is 0 Å². The van der Waals surface area contributed by atoms with Gasteiger partial charge in [0.05, 0.1) is 19.3 Å². The molecule has 0 bridgehead atoms. The first kappa shape index (κ1) is 24.6. The van der Waals surface area contributed by atoms with Gasteiger partial charge in [0, 0.05) is 12.1 Å². The molecule has 7 nitrogen and oxygen atoms in total. The molecule has 0 aliphatic carbocycles. The lowest BCUT2D eigenvalue weighted by Crippen LogP contribution is -2.52. The number of aliphatic hydroxyl groups is 1. The zero-order valence-corrected chi connectivity index (χ0v) is 20.5. The van der Waals surface area contributed by atoms with E-state index in [0.717, 1.165) is 16.7 Å². The zero-order chi connectivity index (χ0) is 25.2. The van der Waals surface area contributed by atoms with Gasteiger partial charge in [-0.25, -0.2) is 0 Å². The minimum Gasteiger partial charge on any atom is -0.374 e. The summed E-state index contributed by atoms with van der Waals surface area (Å²) in [6.07, 6.45) is -1.61. The molecule has 7 heteroatoms. The van der Waals surface area contributed by atoms with Crippen molar-refractivity contribution in [3.05, 3.63) is 96.1 Å². The number of benzene rings is 3. The summed E-state index contributed by atoms with van der Waals surface area (Å²) in [5, 5.41) is 16.9. The first-order valence-corrected chi connectivity index (χ1v) is 12.2. The summed E-state index contributed by atoms with van der Waals surface area (Å²) in [5.74, 6) is -0.983. The Balaban J connectivity index is 1.21. The second kappa shape index (κ2) is 10.1. The quantitative estimate of drug-likeness (QED) is 0.420. The Morgan fingerprint density at radius 3 is 2.31 bits per heavy atom. The Labute approximate surface area is 211 Å². The fourth-order valence-electron chi connectivity index (χ4n) is 4.96. The van der Waals surface area contributed by atoms with Crippen LogP contribution in [0, 0.1) is 0 Å². The molecule has 5 rings (SSSR count). The second-order valence-electron chi connectivity index (χ2n) is 9.80.